The third-order valence-electron chi connectivity index (χ3n) is 6.70. The van der Waals surface area contributed by atoms with Crippen molar-refractivity contribution in [2.24, 2.45) is 0 Å². The molecular weight excluding hydrogens is 428 g/mol. The van der Waals surface area contributed by atoms with Crippen LogP contribution in [0.2, 0.25) is 0 Å². The quantitative estimate of drug-likeness (QED) is 0.686. The predicted octanol–water partition coefficient (Wildman–Crippen LogP) is 3.23. The van der Waals surface area contributed by atoms with Crippen molar-refractivity contribution in [2.75, 3.05) is 37.0 Å². The summed E-state index contributed by atoms with van der Waals surface area (Å²) in [5.41, 5.74) is 3.31. The Labute approximate surface area is 201 Å². The lowest BCUT2D eigenvalue weighted by molar-refractivity contribution is -0.125. The number of anilines is 2. The van der Waals surface area contributed by atoms with Crippen molar-refractivity contribution in [3.05, 3.63) is 59.7 Å². The minimum absolute atomic E-state index is 0.0140. The summed E-state index contributed by atoms with van der Waals surface area (Å²) in [6.45, 7) is 2.75. The monoisotopic (exact) mass is 462 g/mol. The summed E-state index contributed by atoms with van der Waals surface area (Å²) in [6, 6.07) is 15.4. The van der Waals surface area contributed by atoms with Gasteiger partial charge >= 0.3 is 0 Å². The fourth-order valence-corrected chi connectivity index (χ4v) is 4.88. The van der Waals surface area contributed by atoms with Gasteiger partial charge in [-0.05, 0) is 62.8 Å². The first-order chi connectivity index (χ1) is 16.3. The SMILES string of the molecule is C[C@H](CCc1ccccc1)NC(=O)CN1C(=O)[C@@H]2CCCCN2c2ccc(C(=O)N(C)C)cc21. The normalized spacial score (nSPS) is 18.1. The number of nitrogens with one attached hydrogen (secondary N) is 1. The van der Waals surface area contributed by atoms with Gasteiger partial charge in [-0.3, -0.25) is 19.3 Å². The number of amides is 3. The van der Waals surface area contributed by atoms with Crippen LogP contribution in [0.25, 0.3) is 0 Å². The van der Waals surface area contributed by atoms with Crippen LogP contribution in [0.15, 0.2) is 48.5 Å². The zero-order valence-corrected chi connectivity index (χ0v) is 20.3. The molecule has 0 aliphatic carbocycles. The number of piperidine rings is 1. The molecule has 0 unspecified atom stereocenters. The van der Waals surface area contributed by atoms with Crippen molar-refractivity contribution in [3.63, 3.8) is 0 Å². The van der Waals surface area contributed by atoms with E-state index in [0.29, 0.717) is 11.3 Å². The summed E-state index contributed by atoms with van der Waals surface area (Å²) in [5.74, 6) is -0.378. The number of carbonyl (C=O) groups is 3. The van der Waals surface area contributed by atoms with Gasteiger partial charge in [-0.15, -0.1) is 0 Å². The highest BCUT2D eigenvalue weighted by atomic mass is 16.2. The van der Waals surface area contributed by atoms with Gasteiger partial charge in [0.1, 0.15) is 12.6 Å². The molecule has 2 aliphatic heterocycles. The zero-order valence-electron chi connectivity index (χ0n) is 20.3. The molecule has 0 spiro atoms. The molecule has 4 rings (SSSR count). The van der Waals surface area contributed by atoms with Gasteiger partial charge in [-0.2, -0.15) is 0 Å². The van der Waals surface area contributed by atoms with E-state index in [2.05, 4.69) is 22.3 Å². The van der Waals surface area contributed by atoms with E-state index in [1.54, 1.807) is 25.1 Å². The van der Waals surface area contributed by atoms with Crippen LogP contribution >= 0.6 is 0 Å². The van der Waals surface area contributed by atoms with Crippen LogP contribution in [0.4, 0.5) is 11.4 Å². The molecule has 2 aromatic rings. The average molecular weight is 463 g/mol. The molecule has 0 radical (unpaired) electrons. The molecular formula is C27H34N4O3. The van der Waals surface area contributed by atoms with Gasteiger partial charge in [0.25, 0.3) is 5.91 Å². The van der Waals surface area contributed by atoms with Gasteiger partial charge in [0, 0.05) is 32.2 Å². The number of carbonyl (C=O) groups excluding carboxylic acids is 3. The van der Waals surface area contributed by atoms with E-state index in [4.69, 9.17) is 0 Å². The van der Waals surface area contributed by atoms with E-state index in [0.717, 1.165) is 44.3 Å². The fraction of sp³-hybridized carbons (Fsp3) is 0.444. The molecule has 2 heterocycles. The molecule has 2 aromatic carbocycles. The smallest absolute Gasteiger partial charge is 0.253 e. The van der Waals surface area contributed by atoms with Gasteiger partial charge in [0.15, 0.2) is 0 Å². The number of hydrogen-bond acceptors (Lipinski definition) is 4. The molecule has 0 aromatic heterocycles. The highest BCUT2D eigenvalue weighted by Crippen LogP contribution is 2.40. The van der Waals surface area contributed by atoms with Gasteiger partial charge in [0.05, 0.1) is 11.4 Å². The molecule has 2 atom stereocenters. The number of fused-ring (bicyclic) bond motifs is 3. The van der Waals surface area contributed by atoms with Crippen LogP contribution in [0.1, 0.15) is 48.5 Å². The highest BCUT2D eigenvalue weighted by Gasteiger charge is 2.40. The Kier molecular flexibility index (Phi) is 7.20. The predicted molar refractivity (Wildman–Crippen MR) is 134 cm³/mol. The van der Waals surface area contributed by atoms with Crippen molar-refractivity contribution in [1.29, 1.82) is 0 Å². The zero-order chi connectivity index (χ0) is 24.2. The third-order valence-corrected chi connectivity index (χ3v) is 6.70. The van der Waals surface area contributed by atoms with Gasteiger partial charge in [-0.25, -0.2) is 0 Å². The van der Waals surface area contributed by atoms with E-state index in [9.17, 15) is 14.4 Å². The molecule has 34 heavy (non-hydrogen) atoms. The third kappa shape index (κ3) is 5.08. The largest absolute Gasteiger partial charge is 0.358 e. The summed E-state index contributed by atoms with van der Waals surface area (Å²) in [6.07, 6.45) is 4.50. The first-order valence-electron chi connectivity index (χ1n) is 12.1. The lowest BCUT2D eigenvalue weighted by Crippen LogP contribution is -2.57. The molecule has 1 saturated heterocycles. The van der Waals surface area contributed by atoms with E-state index < -0.39 is 0 Å². The molecule has 0 saturated carbocycles. The Morgan fingerprint density at radius 1 is 1.09 bits per heavy atom. The Hall–Kier alpha value is -3.35. The molecule has 7 nitrogen and oxygen atoms in total. The summed E-state index contributed by atoms with van der Waals surface area (Å²) >= 11 is 0. The van der Waals surface area contributed by atoms with Crippen LogP contribution in [-0.2, 0) is 16.0 Å². The highest BCUT2D eigenvalue weighted by molar-refractivity contribution is 6.09. The molecule has 1 N–H and O–H groups in total. The van der Waals surface area contributed by atoms with Gasteiger partial charge in [0.2, 0.25) is 11.8 Å². The number of rotatable bonds is 7. The summed E-state index contributed by atoms with van der Waals surface area (Å²) < 4.78 is 0. The maximum Gasteiger partial charge on any atom is 0.253 e. The Bertz CT molecular complexity index is 1050. The molecule has 3 amide bonds. The topological polar surface area (TPSA) is 73.0 Å². The first kappa shape index (κ1) is 23.8. The average Bonchev–Trinajstić information content (AvgIpc) is 2.85. The molecule has 180 valence electrons. The second-order valence-electron chi connectivity index (χ2n) is 9.53. The maximum absolute atomic E-state index is 13.5. The summed E-state index contributed by atoms with van der Waals surface area (Å²) in [5, 5.41) is 3.05. The van der Waals surface area contributed by atoms with Crippen LogP contribution in [0.3, 0.4) is 0 Å². The first-order valence-corrected chi connectivity index (χ1v) is 12.1. The number of hydrogen-bond donors (Lipinski definition) is 1. The van der Waals surface area contributed by atoms with Crippen molar-refractivity contribution in [3.8, 4) is 0 Å². The Morgan fingerprint density at radius 3 is 2.59 bits per heavy atom. The van der Waals surface area contributed by atoms with Gasteiger partial charge < -0.3 is 15.1 Å². The lowest BCUT2D eigenvalue weighted by atomic mass is 9.95. The standard InChI is InChI=1S/C27H34N4O3/c1-19(12-13-20-9-5-4-6-10-20)28-25(32)18-31-24-17-21(26(33)29(2)3)14-15-22(24)30-16-8-7-11-23(30)27(31)34/h4-6,9-10,14-15,17,19,23H,7-8,11-13,16,18H2,1-3H3,(H,28,32)/t19-,23+/m1/s1. The van der Waals surface area contributed by atoms with Crippen molar-refractivity contribution >= 4 is 29.1 Å². The van der Waals surface area contributed by atoms with Gasteiger partial charge in [-0.1, -0.05) is 30.3 Å². The van der Waals surface area contributed by atoms with Crippen molar-refractivity contribution in [2.45, 2.75) is 51.1 Å². The van der Waals surface area contributed by atoms with Crippen LogP contribution in [0.5, 0.6) is 0 Å². The minimum atomic E-state index is -0.250. The number of benzene rings is 2. The van der Waals surface area contributed by atoms with Crippen LogP contribution < -0.4 is 15.1 Å². The van der Waals surface area contributed by atoms with Crippen molar-refractivity contribution < 1.29 is 14.4 Å². The minimum Gasteiger partial charge on any atom is -0.358 e. The van der Waals surface area contributed by atoms with E-state index in [1.807, 2.05) is 37.3 Å². The van der Waals surface area contributed by atoms with Crippen LogP contribution in [-0.4, -0.2) is 61.9 Å². The number of aryl methyl sites for hydroxylation is 1. The molecule has 1 fully saturated rings. The van der Waals surface area contributed by atoms with Crippen molar-refractivity contribution in [1.82, 2.24) is 10.2 Å². The maximum atomic E-state index is 13.5. The Morgan fingerprint density at radius 2 is 1.85 bits per heavy atom. The van der Waals surface area contributed by atoms with E-state index in [1.165, 1.54) is 10.5 Å². The molecule has 7 heteroatoms. The Balaban J connectivity index is 1.51. The number of nitrogens with zero attached hydrogens (tertiary/aromatic N) is 3. The molecule has 0 bridgehead atoms. The fourth-order valence-electron chi connectivity index (χ4n) is 4.88. The lowest BCUT2D eigenvalue weighted by Gasteiger charge is -2.45. The second-order valence-corrected chi connectivity index (χ2v) is 9.53. The van der Waals surface area contributed by atoms with E-state index in [-0.39, 0.29) is 36.3 Å². The second kappa shape index (κ2) is 10.3. The van der Waals surface area contributed by atoms with E-state index >= 15 is 0 Å². The summed E-state index contributed by atoms with van der Waals surface area (Å²) in [7, 11) is 3.41. The van der Waals surface area contributed by atoms with Crippen LogP contribution in [0, 0.1) is 0 Å². The molecule has 2 aliphatic rings. The summed E-state index contributed by atoms with van der Waals surface area (Å²) in [4.78, 5) is 44.3.